The molecule has 0 radical (unpaired) electrons. The van der Waals surface area contributed by atoms with Gasteiger partial charge >= 0.3 is 0 Å². The lowest BCUT2D eigenvalue weighted by Gasteiger charge is -2.15. The molecule has 1 amide bonds. The number of likely N-dealkylation sites (tertiary alicyclic amines) is 1. The van der Waals surface area contributed by atoms with E-state index in [2.05, 4.69) is 21.7 Å². The number of methoxy groups -OCH3 is 1. The first kappa shape index (κ1) is 17.3. The van der Waals surface area contributed by atoms with Gasteiger partial charge in [-0.2, -0.15) is 0 Å². The van der Waals surface area contributed by atoms with Crippen molar-refractivity contribution in [3.05, 3.63) is 5.82 Å². The minimum Gasteiger partial charge on any atom is -0.385 e. The first-order chi connectivity index (χ1) is 10.8. The molecule has 124 valence electrons. The average molecular weight is 326 g/mol. The second-order valence-electron chi connectivity index (χ2n) is 5.52. The second-order valence-corrected chi connectivity index (χ2v) is 6.47. The Morgan fingerprint density at radius 2 is 2.09 bits per heavy atom. The maximum atomic E-state index is 12.2. The summed E-state index contributed by atoms with van der Waals surface area (Å²) in [6, 6.07) is 0. The van der Waals surface area contributed by atoms with Crippen LogP contribution in [0.25, 0.3) is 0 Å². The summed E-state index contributed by atoms with van der Waals surface area (Å²) < 4.78 is 7.27. The third kappa shape index (κ3) is 4.71. The van der Waals surface area contributed by atoms with Gasteiger partial charge in [0.25, 0.3) is 0 Å². The Labute approximate surface area is 136 Å². The Hall–Kier alpha value is -1.08. The summed E-state index contributed by atoms with van der Waals surface area (Å²) >= 11 is 1.50. The van der Waals surface area contributed by atoms with Gasteiger partial charge in [-0.1, -0.05) is 18.7 Å². The summed E-state index contributed by atoms with van der Waals surface area (Å²) in [6.45, 7) is 5.51. The van der Waals surface area contributed by atoms with Gasteiger partial charge in [0.1, 0.15) is 5.82 Å². The van der Waals surface area contributed by atoms with Crippen molar-refractivity contribution in [3.8, 4) is 0 Å². The molecule has 0 saturated carbocycles. The molecule has 1 fully saturated rings. The van der Waals surface area contributed by atoms with E-state index >= 15 is 0 Å². The summed E-state index contributed by atoms with van der Waals surface area (Å²) in [5, 5.41) is 9.42. The van der Waals surface area contributed by atoms with Crippen molar-refractivity contribution >= 4 is 17.7 Å². The molecule has 1 aromatic rings. The highest BCUT2D eigenvalue weighted by Crippen LogP contribution is 2.20. The highest BCUT2D eigenvalue weighted by Gasteiger charge is 2.19. The van der Waals surface area contributed by atoms with Crippen molar-refractivity contribution in [2.45, 2.75) is 50.7 Å². The second kappa shape index (κ2) is 9.15. The van der Waals surface area contributed by atoms with Crippen molar-refractivity contribution in [1.29, 1.82) is 0 Å². The first-order valence-electron chi connectivity index (χ1n) is 8.07. The van der Waals surface area contributed by atoms with E-state index < -0.39 is 0 Å². The SMILES string of the molecule is CCCc1nnc(SCC(=O)N2CCCC2)n1CCCOC. The molecule has 1 aliphatic heterocycles. The molecule has 22 heavy (non-hydrogen) atoms. The van der Waals surface area contributed by atoms with Crippen LogP contribution in [0.15, 0.2) is 5.16 Å². The number of carbonyl (C=O) groups is 1. The third-order valence-electron chi connectivity index (χ3n) is 3.78. The van der Waals surface area contributed by atoms with Gasteiger partial charge < -0.3 is 14.2 Å². The number of thioether (sulfide) groups is 1. The number of carbonyl (C=O) groups excluding carboxylic acids is 1. The smallest absolute Gasteiger partial charge is 0.233 e. The monoisotopic (exact) mass is 326 g/mol. The maximum absolute atomic E-state index is 12.2. The van der Waals surface area contributed by atoms with Crippen molar-refractivity contribution in [2.24, 2.45) is 0 Å². The zero-order valence-electron chi connectivity index (χ0n) is 13.6. The molecule has 0 aliphatic carbocycles. The maximum Gasteiger partial charge on any atom is 0.233 e. The fraction of sp³-hybridized carbons (Fsp3) is 0.800. The molecule has 7 heteroatoms. The summed E-state index contributed by atoms with van der Waals surface area (Å²) in [4.78, 5) is 14.1. The van der Waals surface area contributed by atoms with Gasteiger partial charge in [0.05, 0.1) is 5.75 Å². The van der Waals surface area contributed by atoms with Gasteiger partial charge in [0, 0.05) is 39.8 Å². The predicted molar refractivity (Wildman–Crippen MR) is 87.0 cm³/mol. The van der Waals surface area contributed by atoms with Crippen LogP contribution >= 0.6 is 11.8 Å². The number of aryl methyl sites for hydroxylation is 1. The van der Waals surface area contributed by atoms with Crippen LogP contribution in [0, 0.1) is 0 Å². The van der Waals surface area contributed by atoms with Crippen LogP contribution in [0.3, 0.4) is 0 Å². The molecule has 2 rings (SSSR count). The summed E-state index contributed by atoms with van der Waals surface area (Å²) in [5.74, 6) is 1.68. The minimum absolute atomic E-state index is 0.214. The van der Waals surface area contributed by atoms with Gasteiger partial charge in [0.2, 0.25) is 5.91 Å². The van der Waals surface area contributed by atoms with Gasteiger partial charge in [-0.25, -0.2) is 0 Å². The fourth-order valence-corrected chi connectivity index (χ4v) is 3.50. The lowest BCUT2D eigenvalue weighted by molar-refractivity contribution is -0.127. The number of rotatable bonds is 9. The quantitative estimate of drug-likeness (QED) is 0.513. The molecule has 0 unspecified atom stereocenters. The van der Waals surface area contributed by atoms with Crippen LogP contribution in [0.1, 0.15) is 38.4 Å². The number of nitrogens with zero attached hydrogens (tertiary/aromatic N) is 4. The van der Waals surface area contributed by atoms with E-state index in [4.69, 9.17) is 4.74 Å². The number of aromatic nitrogens is 3. The Balaban J connectivity index is 1.94. The number of hydrogen-bond donors (Lipinski definition) is 0. The summed E-state index contributed by atoms with van der Waals surface area (Å²) in [6.07, 6.45) is 5.15. The summed E-state index contributed by atoms with van der Waals surface area (Å²) in [5.41, 5.74) is 0. The van der Waals surface area contributed by atoms with Crippen LogP contribution in [0.5, 0.6) is 0 Å². The van der Waals surface area contributed by atoms with Crippen LogP contribution in [0.2, 0.25) is 0 Å². The Morgan fingerprint density at radius 1 is 1.32 bits per heavy atom. The lowest BCUT2D eigenvalue weighted by atomic mass is 10.3. The number of ether oxygens (including phenoxy) is 1. The van der Waals surface area contributed by atoms with E-state index in [1.807, 2.05) is 4.90 Å². The molecule has 1 saturated heterocycles. The highest BCUT2D eigenvalue weighted by atomic mass is 32.2. The van der Waals surface area contributed by atoms with Crippen molar-refractivity contribution < 1.29 is 9.53 Å². The normalized spacial score (nSPS) is 14.7. The van der Waals surface area contributed by atoms with Gasteiger partial charge in [-0.15, -0.1) is 10.2 Å². The standard InChI is InChI=1S/C15H26N4O2S/c1-3-7-13-16-17-15(19(13)10-6-11-21-2)22-12-14(20)18-8-4-5-9-18/h3-12H2,1-2H3. The topological polar surface area (TPSA) is 60.2 Å². The van der Waals surface area contributed by atoms with E-state index in [1.54, 1.807) is 7.11 Å². The molecule has 0 spiro atoms. The molecule has 0 atom stereocenters. The molecule has 0 aromatic carbocycles. The molecule has 6 nitrogen and oxygen atoms in total. The van der Waals surface area contributed by atoms with Gasteiger partial charge in [0.15, 0.2) is 5.16 Å². The van der Waals surface area contributed by atoms with Crippen LogP contribution in [0.4, 0.5) is 0 Å². The Bertz CT molecular complexity index is 472. The van der Waals surface area contributed by atoms with E-state index in [9.17, 15) is 4.79 Å². The average Bonchev–Trinajstić information content (AvgIpc) is 3.16. The minimum atomic E-state index is 0.214. The zero-order valence-corrected chi connectivity index (χ0v) is 14.4. The molecule has 0 bridgehead atoms. The Kier molecular flexibility index (Phi) is 7.18. The van der Waals surface area contributed by atoms with Crippen molar-refractivity contribution in [2.75, 3.05) is 32.6 Å². The number of amides is 1. The van der Waals surface area contributed by atoms with E-state index in [1.165, 1.54) is 11.8 Å². The number of hydrogen-bond acceptors (Lipinski definition) is 5. The zero-order chi connectivity index (χ0) is 15.8. The first-order valence-corrected chi connectivity index (χ1v) is 9.06. The van der Waals surface area contributed by atoms with E-state index in [-0.39, 0.29) is 5.91 Å². The van der Waals surface area contributed by atoms with Crippen LogP contribution in [-0.2, 0) is 22.5 Å². The molecular formula is C15H26N4O2S. The van der Waals surface area contributed by atoms with E-state index in [0.717, 1.165) is 69.3 Å². The largest absolute Gasteiger partial charge is 0.385 e. The van der Waals surface area contributed by atoms with Gasteiger partial charge in [-0.3, -0.25) is 4.79 Å². The van der Waals surface area contributed by atoms with Gasteiger partial charge in [-0.05, 0) is 25.7 Å². The molecule has 1 aromatic heterocycles. The van der Waals surface area contributed by atoms with E-state index in [0.29, 0.717) is 5.75 Å². The molecule has 1 aliphatic rings. The van der Waals surface area contributed by atoms with Crippen LogP contribution in [-0.4, -0.2) is 58.1 Å². The Morgan fingerprint density at radius 3 is 2.77 bits per heavy atom. The highest BCUT2D eigenvalue weighted by molar-refractivity contribution is 7.99. The van der Waals surface area contributed by atoms with Crippen molar-refractivity contribution in [3.63, 3.8) is 0 Å². The predicted octanol–water partition coefficient (Wildman–Crippen LogP) is 1.98. The molecular weight excluding hydrogens is 300 g/mol. The van der Waals surface area contributed by atoms with Crippen molar-refractivity contribution in [1.82, 2.24) is 19.7 Å². The lowest BCUT2D eigenvalue weighted by Crippen LogP contribution is -2.29. The third-order valence-corrected chi connectivity index (χ3v) is 4.73. The fourth-order valence-electron chi connectivity index (χ4n) is 2.61. The summed E-state index contributed by atoms with van der Waals surface area (Å²) in [7, 11) is 1.71. The van der Waals surface area contributed by atoms with Crippen LogP contribution < -0.4 is 0 Å². The molecule has 0 N–H and O–H groups in total. The molecule has 2 heterocycles.